The van der Waals surface area contributed by atoms with Crippen molar-refractivity contribution in [3.05, 3.63) is 47.5 Å². The van der Waals surface area contributed by atoms with Crippen molar-refractivity contribution in [2.24, 2.45) is 11.8 Å². The van der Waals surface area contributed by atoms with Crippen LogP contribution in [0.25, 0.3) is 10.8 Å². The van der Waals surface area contributed by atoms with Gasteiger partial charge in [0, 0.05) is 0 Å². The van der Waals surface area contributed by atoms with Gasteiger partial charge in [-0.2, -0.15) is 0 Å². The maximum atomic E-state index is 2.44. The van der Waals surface area contributed by atoms with E-state index >= 15 is 0 Å². The number of hydrogen-bond acceptors (Lipinski definition) is 0. The van der Waals surface area contributed by atoms with Crippen LogP contribution in [0.15, 0.2) is 36.4 Å². The number of hydrogen-bond donors (Lipinski definition) is 0. The molecule has 0 heterocycles. The van der Waals surface area contributed by atoms with Gasteiger partial charge in [0.15, 0.2) is 0 Å². The van der Waals surface area contributed by atoms with Crippen LogP contribution in [0.4, 0.5) is 0 Å². The lowest BCUT2D eigenvalue weighted by atomic mass is 9.78. The summed E-state index contributed by atoms with van der Waals surface area (Å²) in [6.07, 6.45) is 18.1. The van der Waals surface area contributed by atoms with Crippen molar-refractivity contribution in [3.8, 4) is 0 Å². The fourth-order valence-electron chi connectivity index (χ4n) is 4.91. The molecular weight excluding hydrogens is 324 g/mol. The molecule has 1 fully saturated rings. The maximum absolute atomic E-state index is 2.44. The van der Waals surface area contributed by atoms with Crippen molar-refractivity contribution in [1.82, 2.24) is 0 Å². The zero-order chi connectivity index (χ0) is 18.9. The Morgan fingerprint density at radius 3 is 1.78 bits per heavy atom. The van der Waals surface area contributed by atoms with E-state index in [1.54, 1.807) is 0 Å². The molecule has 0 bridgehead atoms. The van der Waals surface area contributed by atoms with E-state index in [9.17, 15) is 0 Å². The van der Waals surface area contributed by atoms with Crippen molar-refractivity contribution < 1.29 is 0 Å². The predicted molar refractivity (Wildman–Crippen MR) is 120 cm³/mol. The largest absolute Gasteiger partial charge is 0.0654 e. The zero-order valence-electron chi connectivity index (χ0n) is 17.8. The van der Waals surface area contributed by atoms with Gasteiger partial charge in [-0.25, -0.2) is 0 Å². The minimum absolute atomic E-state index is 0.972. The number of unbranched alkanes of at least 4 members (excludes halogenated alkanes) is 3. The van der Waals surface area contributed by atoms with Crippen molar-refractivity contribution >= 4 is 10.8 Å². The molecular formula is C27H40. The Hall–Kier alpha value is -1.30. The average Bonchev–Trinajstić information content (AvgIpc) is 2.71. The van der Waals surface area contributed by atoms with E-state index in [2.05, 4.69) is 50.2 Å². The number of benzene rings is 2. The molecule has 27 heavy (non-hydrogen) atoms. The highest BCUT2D eigenvalue weighted by molar-refractivity contribution is 5.83. The normalized spacial score (nSPS) is 20.2. The molecule has 0 heteroatoms. The molecule has 0 atom stereocenters. The first kappa shape index (κ1) is 20.4. The highest BCUT2D eigenvalue weighted by Crippen LogP contribution is 2.34. The lowest BCUT2D eigenvalue weighted by Gasteiger charge is -2.28. The van der Waals surface area contributed by atoms with Gasteiger partial charge < -0.3 is 0 Å². The maximum Gasteiger partial charge on any atom is -0.0181 e. The second-order valence-corrected chi connectivity index (χ2v) is 9.04. The van der Waals surface area contributed by atoms with Gasteiger partial charge in [-0.1, -0.05) is 108 Å². The van der Waals surface area contributed by atoms with Crippen molar-refractivity contribution in [2.75, 3.05) is 0 Å². The van der Waals surface area contributed by atoms with Crippen LogP contribution in [-0.4, -0.2) is 0 Å². The molecule has 1 aliphatic rings. The lowest BCUT2D eigenvalue weighted by Crippen LogP contribution is -2.15. The van der Waals surface area contributed by atoms with Crippen LogP contribution in [0.1, 0.15) is 95.6 Å². The summed E-state index contributed by atoms with van der Waals surface area (Å²) in [6, 6.07) is 14.3. The van der Waals surface area contributed by atoms with E-state index in [0.717, 1.165) is 11.8 Å². The lowest BCUT2D eigenvalue weighted by molar-refractivity contribution is 0.250. The van der Waals surface area contributed by atoms with E-state index in [1.165, 1.54) is 105 Å². The van der Waals surface area contributed by atoms with Gasteiger partial charge in [0.25, 0.3) is 0 Å². The van der Waals surface area contributed by atoms with Crippen LogP contribution in [0.2, 0.25) is 0 Å². The third kappa shape index (κ3) is 6.37. The molecule has 3 rings (SSSR count). The van der Waals surface area contributed by atoms with E-state index in [-0.39, 0.29) is 0 Å². The molecule has 0 aromatic heterocycles. The smallest absolute Gasteiger partial charge is 0.0181 e. The Balaban J connectivity index is 1.48. The van der Waals surface area contributed by atoms with Gasteiger partial charge >= 0.3 is 0 Å². The highest BCUT2D eigenvalue weighted by Gasteiger charge is 2.20. The standard InChI is InChI=1S/C27H40/c1-3-5-7-9-24-16-18-27-21-25(17-19-26(27)20-24)15-14-23-12-10-22(11-13-23)8-6-4-2/h16-23H,3-15H2,1-2H3. The Morgan fingerprint density at radius 1 is 0.630 bits per heavy atom. The van der Waals surface area contributed by atoms with E-state index in [1.807, 2.05) is 0 Å². The molecule has 0 unspecified atom stereocenters. The summed E-state index contributed by atoms with van der Waals surface area (Å²) in [7, 11) is 0. The first-order valence-electron chi connectivity index (χ1n) is 11.8. The molecule has 2 aromatic carbocycles. The monoisotopic (exact) mass is 364 g/mol. The van der Waals surface area contributed by atoms with Crippen LogP contribution < -0.4 is 0 Å². The van der Waals surface area contributed by atoms with E-state index < -0.39 is 0 Å². The van der Waals surface area contributed by atoms with Crippen LogP contribution in [-0.2, 0) is 12.8 Å². The molecule has 0 nitrogen and oxygen atoms in total. The molecule has 148 valence electrons. The van der Waals surface area contributed by atoms with Gasteiger partial charge in [0.05, 0.1) is 0 Å². The summed E-state index contributed by atoms with van der Waals surface area (Å²) in [5, 5.41) is 2.85. The van der Waals surface area contributed by atoms with Crippen LogP contribution in [0.5, 0.6) is 0 Å². The molecule has 0 amide bonds. The molecule has 2 aromatic rings. The highest BCUT2D eigenvalue weighted by atomic mass is 14.3. The van der Waals surface area contributed by atoms with Crippen LogP contribution in [0.3, 0.4) is 0 Å². The first-order chi connectivity index (χ1) is 13.3. The van der Waals surface area contributed by atoms with Crippen molar-refractivity contribution in [1.29, 1.82) is 0 Å². The Labute approximate surface area is 167 Å². The Bertz CT molecular complexity index is 675. The molecule has 0 saturated heterocycles. The second kappa shape index (κ2) is 10.9. The minimum atomic E-state index is 0.972. The third-order valence-electron chi connectivity index (χ3n) is 6.81. The van der Waals surface area contributed by atoms with Crippen LogP contribution >= 0.6 is 0 Å². The summed E-state index contributed by atoms with van der Waals surface area (Å²) >= 11 is 0. The quantitative estimate of drug-likeness (QED) is 0.371. The van der Waals surface area contributed by atoms with Gasteiger partial charge in [-0.15, -0.1) is 0 Å². The van der Waals surface area contributed by atoms with Crippen LogP contribution in [0, 0.1) is 11.8 Å². The molecule has 0 N–H and O–H groups in total. The fourth-order valence-corrected chi connectivity index (χ4v) is 4.91. The van der Waals surface area contributed by atoms with E-state index in [0.29, 0.717) is 0 Å². The zero-order valence-corrected chi connectivity index (χ0v) is 17.8. The summed E-state index contributed by atoms with van der Waals surface area (Å²) < 4.78 is 0. The fraction of sp³-hybridized carbons (Fsp3) is 0.630. The number of aryl methyl sites for hydroxylation is 2. The van der Waals surface area contributed by atoms with Crippen molar-refractivity contribution in [3.63, 3.8) is 0 Å². The first-order valence-corrected chi connectivity index (χ1v) is 11.8. The molecule has 0 radical (unpaired) electrons. The van der Waals surface area contributed by atoms with Crippen molar-refractivity contribution in [2.45, 2.75) is 97.3 Å². The number of rotatable bonds is 10. The Kier molecular flexibility index (Phi) is 8.24. The number of fused-ring (bicyclic) bond motifs is 1. The SMILES string of the molecule is CCCCCc1ccc2cc(CCC3CCC(CCCC)CC3)ccc2c1. The Morgan fingerprint density at radius 2 is 1.19 bits per heavy atom. The van der Waals surface area contributed by atoms with Gasteiger partial charge in [0.2, 0.25) is 0 Å². The molecule has 1 aliphatic carbocycles. The van der Waals surface area contributed by atoms with E-state index in [4.69, 9.17) is 0 Å². The minimum Gasteiger partial charge on any atom is -0.0654 e. The second-order valence-electron chi connectivity index (χ2n) is 9.04. The molecule has 1 saturated carbocycles. The summed E-state index contributed by atoms with van der Waals surface area (Å²) in [5.41, 5.74) is 3.04. The van der Waals surface area contributed by atoms with Gasteiger partial charge in [-0.3, -0.25) is 0 Å². The molecule has 0 spiro atoms. The molecule has 0 aliphatic heterocycles. The predicted octanol–water partition coefficient (Wildman–Crippen LogP) is 8.50. The van der Waals surface area contributed by atoms with Gasteiger partial charge in [0.1, 0.15) is 0 Å². The average molecular weight is 365 g/mol. The summed E-state index contributed by atoms with van der Waals surface area (Å²) in [6.45, 7) is 4.60. The summed E-state index contributed by atoms with van der Waals surface area (Å²) in [4.78, 5) is 0. The van der Waals surface area contributed by atoms with Gasteiger partial charge in [-0.05, 0) is 59.4 Å². The topological polar surface area (TPSA) is 0 Å². The summed E-state index contributed by atoms with van der Waals surface area (Å²) in [5.74, 6) is 2.01. The third-order valence-corrected chi connectivity index (χ3v) is 6.81.